The second-order valence-electron chi connectivity index (χ2n) is 5.24. The fraction of sp³-hybridized carbons (Fsp3) is 0.250. The standard InChI is InChI=1S/C16H14F3N2O3P/c1-3-25(22,23-2)10-6-7-12-13(9-10)24-15(21-12)11-5-4-8-20-14(11)16(17,18)19/h4-9H,3H2,1-2H3. The molecule has 3 aromatic rings. The van der Waals surface area contributed by atoms with E-state index >= 15 is 0 Å². The van der Waals surface area contributed by atoms with E-state index in [0.717, 1.165) is 6.20 Å². The molecular weight excluding hydrogens is 356 g/mol. The Morgan fingerprint density at radius 1 is 1.28 bits per heavy atom. The van der Waals surface area contributed by atoms with Crippen LogP contribution in [0.4, 0.5) is 13.2 Å². The van der Waals surface area contributed by atoms with Gasteiger partial charge in [0, 0.05) is 24.8 Å². The molecule has 2 aromatic heterocycles. The maximum atomic E-state index is 13.1. The Kier molecular flexibility index (Phi) is 4.43. The predicted molar refractivity (Wildman–Crippen MR) is 87.0 cm³/mol. The highest BCUT2D eigenvalue weighted by Gasteiger charge is 2.36. The van der Waals surface area contributed by atoms with Gasteiger partial charge in [-0.3, -0.25) is 9.55 Å². The summed E-state index contributed by atoms with van der Waals surface area (Å²) >= 11 is 0. The van der Waals surface area contributed by atoms with Crippen LogP contribution in [0.15, 0.2) is 40.9 Å². The van der Waals surface area contributed by atoms with Crippen LogP contribution in [0.25, 0.3) is 22.6 Å². The monoisotopic (exact) mass is 370 g/mol. The molecule has 0 saturated carbocycles. The predicted octanol–water partition coefficient (Wildman–Crippen LogP) is 4.48. The molecule has 0 aliphatic carbocycles. The number of alkyl halides is 3. The van der Waals surface area contributed by atoms with Gasteiger partial charge < -0.3 is 8.94 Å². The fourth-order valence-corrected chi connectivity index (χ4v) is 3.91. The minimum absolute atomic E-state index is 0.198. The van der Waals surface area contributed by atoms with Gasteiger partial charge in [-0.15, -0.1) is 0 Å². The number of halogens is 3. The molecule has 0 amide bonds. The van der Waals surface area contributed by atoms with Gasteiger partial charge in [-0.25, -0.2) is 4.98 Å². The van der Waals surface area contributed by atoms with E-state index in [1.54, 1.807) is 19.1 Å². The van der Waals surface area contributed by atoms with Crippen molar-refractivity contribution in [2.45, 2.75) is 13.1 Å². The highest BCUT2D eigenvalue weighted by Crippen LogP contribution is 2.45. The highest BCUT2D eigenvalue weighted by atomic mass is 31.2. The summed E-state index contributed by atoms with van der Waals surface area (Å²) in [5.41, 5.74) is -0.735. The third kappa shape index (κ3) is 3.19. The third-order valence-corrected chi connectivity index (χ3v) is 6.27. The maximum absolute atomic E-state index is 13.1. The van der Waals surface area contributed by atoms with Crippen molar-refractivity contribution in [3.8, 4) is 11.5 Å². The lowest BCUT2D eigenvalue weighted by Gasteiger charge is -2.13. The lowest BCUT2D eigenvalue weighted by atomic mass is 10.2. The Labute approximate surface area is 141 Å². The highest BCUT2D eigenvalue weighted by molar-refractivity contribution is 7.66. The minimum Gasteiger partial charge on any atom is -0.436 e. The summed E-state index contributed by atoms with van der Waals surface area (Å²) < 4.78 is 62.6. The fourth-order valence-electron chi connectivity index (χ4n) is 2.46. The molecular formula is C16H14F3N2O3P. The van der Waals surface area contributed by atoms with Crippen molar-refractivity contribution in [3.05, 3.63) is 42.2 Å². The van der Waals surface area contributed by atoms with Crippen molar-refractivity contribution in [3.63, 3.8) is 0 Å². The Bertz CT molecular complexity index is 961. The van der Waals surface area contributed by atoms with E-state index in [9.17, 15) is 17.7 Å². The average molecular weight is 370 g/mol. The SMILES string of the molecule is CCP(=O)(OC)c1ccc2nc(-c3cccnc3C(F)(F)F)oc2c1. The molecule has 0 radical (unpaired) electrons. The molecule has 0 N–H and O–H groups in total. The molecule has 0 bridgehead atoms. The largest absolute Gasteiger partial charge is 0.436 e. The average Bonchev–Trinajstić information content (AvgIpc) is 3.03. The number of hydrogen-bond acceptors (Lipinski definition) is 5. The zero-order valence-electron chi connectivity index (χ0n) is 13.4. The van der Waals surface area contributed by atoms with Crippen molar-refractivity contribution in [2.24, 2.45) is 0 Å². The first-order chi connectivity index (χ1) is 11.8. The van der Waals surface area contributed by atoms with Crippen molar-refractivity contribution in [1.82, 2.24) is 9.97 Å². The van der Waals surface area contributed by atoms with Crippen LogP contribution in [0.3, 0.4) is 0 Å². The van der Waals surface area contributed by atoms with Gasteiger partial charge >= 0.3 is 6.18 Å². The molecule has 1 unspecified atom stereocenters. The molecule has 25 heavy (non-hydrogen) atoms. The summed E-state index contributed by atoms with van der Waals surface area (Å²) in [5.74, 6) is -0.198. The molecule has 1 atom stereocenters. The number of nitrogens with zero attached hydrogens (tertiary/aromatic N) is 2. The normalized spacial score (nSPS) is 14.6. The summed E-state index contributed by atoms with van der Waals surface area (Å²) in [5, 5.41) is 0.426. The molecule has 3 rings (SSSR count). The van der Waals surface area contributed by atoms with Gasteiger partial charge in [-0.05, 0) is 30.3 Å². The zero-order valence-corrected chi connectivity index (χ0v) is 14.3. The van der Waals surface area contributed by atoms with Crippen LogP contribution in [-0.4, -0.2) is 23.2 Å². The molecule has 0 spiro atoms. The molecule has 0 aliphatic heterocycles. The molecule has 132 valence electrons. The zero-order chi connectivity index (χ0) is 18.2. The first-order valence-electron chi connectivity index (χ1n) is 7.37. The van der Waals surface area contributed by atoms with E-state index in [0.29, 0.717) is 10.8 Å². The quantitative estimate of drug-likeness (QED) is 0.634. The number of pyridine rings is 1. The Hall–Kier alpha value is -2.18. The van der Waals surface area contributed by atoms with E-state index in [1.807, 2.05) is 0 Å². The van der Waals surface area contributed by atoms with Crippen LogP contribution >= 0.6 is 7.37 Å². The van der Waals surface area contributed by atoms with Crippen molar-refractivity contribution < 1.29 is 26.7 Å². The van der Waals surface area contributed by atoms with Crippen LogP contribution < -0.4 is 5.30 Å². The van der Waals surface area contributed by atoms with E-state index in [2.05, 4.69) is 9.97 Å². The summed E-state index contributed by atoms with van der Waals surface area (Å²) in [4.78, 5) is 7.49. The van der Waals surface area contributed by atoms with Gasteiger partial charge in [0.2, 0.25) is 13.3 Å². The van der Waals surface area contributed by atoms with Crippen LogP contribution in [0.2, 0.25) is 0 Å². The number of oxazole rings is 1. The van der Waals surface area contributed by atoms with E-state index in [1.165, 1.54) is 25.3 Å². The van der Waals surface area contributed by atoms with E-state index in [-0.39, 0.29) is 23.2 Å². The first kappa shape index (κ1) is 17.6. The van der Waals surface area contributed by atoms with Crippen LogP contribution in [0, 0.1) is 0 Å². The first-order valence-corrected chi connectivity index (χ1v) is 9.18. The third-order valence-electron chi connectivity index (χ3n) is 3.78. The smallest absolute Gasteiger partial charge is 0.434 e. The van der Waals surface area contributed by atoms with Gasteiger partial charge in [0.25, 0.3) is 0 Å². The maximum Gasteiger partial charge on any atom is 0.434 e. The Morgan fingerprint density at radius 3 is 2.68 bits per heavy atom. The summed E-state index contributed by atoms with van der Waals surface area (Å²) in [6.07, 6.45) is -3.28. The van der Waals surface area contributed by atoms with E-state index < -0.39 is 19.2 Å². The molecule has 9 heteroatoms. The number of fused-ring (bicyclic) bond motifs is 1. The second-order valence-corrected chi connectivity index (χ2v) is 8.10. The van der Waals surface area contributed by atoms with Gasteiger partial charge in [0.15, 0.2) is 11.3 Å². The van der Waals surface area contributed by atoms with Crippen LogP contribution in [-0.2, 0) is 15.3 Å². The molecule has 0 saturated heterocycles. The number of rotatable bonds is 4. The summed E-state index contributed by atoms with van der Waals surface area (Å²) in [6.45, 7) is 1.73. The topological polar surface area (TPSA) is 65.2 Å². The number of aromatic nitrogens is 2. The minimum atomic E-state index is -4.63. The van der Waals surface area contributed by atoms with Crippen molar-refractivity contribution >= 4 is 23.8 Å². The Morgan fingerprint density at radius 2 is 2.04 bits per heavy atom. The molecule has 0 aliphatic rings. The van der Waals surface area contributed by atoms with Crippen LogP contribution in [0.5, 0.6) is 0 Å². The summed E-state index contributed by atoms with van der Waals surface area (Å²) in [6, 6.07) is 7.23. The van der Waals surface area contributed by atoms with E-state index in [4.69, 9.17) is 8.94 Å². The van der Waals surface area contributed by atoms with Crippen molar-refractivity contribution in [1.29, 1.82) is 0 Å². The van der Waals surface area contributed by atoms with Crippen LogP contribution in [0.1, 0.15) is 12.6 Å². The Balaban J connectivity index is 2.14. The van der Waals surface area contributed by atoms with Gasteiger partial charge in [0.1, 0.15) is 5.52 Å². The molecule has 1 aromatic carbocycles. The molecule has 2 heterocycles. The molecule has 0 fully saturated rings. The summed E-state index contributed by atoms with van der Waals surface area (Å²) in [7, 11) is -1.66. The number of hydrogen-bond donors (Lipinski definition) is 0. The number of benzene rings is 1. The molecule has 5 nitrogen and oxygen atoms in total. The van der Waals surface area contributed by atoms with Gasteiger partial charge in [-0.2, -0.15) is 13.2 Å². The van der Waals surface area contributed by atoms with Gasteiger partial charge in [-0.1, -0.05) is 6.92 Å². The lowest BCUT2D eigenvalue weighted by molar-refractivity contribution is -0.140. The second kappa shape index (κ2) is 6.28. The van der Waals surface area contributed by atoms with Crippen molar-refractivity contribution in [2.75, 3.05) is 13.3 Å². The van der Waals surface area contributed by atoms with Gasteiger partial charge in [0.05, 0.1) is 5.56 Å². The lowest BCUT2D eigenvalue weighted by Crippen LogP contribution is -2.09.